The SMILES string of the molecule is CNCC1CCc2c1c(C)nn2C(C)C. The number of rotatable bonds is 3. The summed E-state index contributed by atoms with van der Waals surface area (Å²) in [7, 11) is 2.03. The molecule has 2 rings (SSSR count). The summed E-state index contributed by atoms with van der Waals surface area (Å²) in [6.07, 6.45) is 2.47. The molecule has 0 aromatic carbocycles. The molecule has 1 heterocycles. The Morgan fingerprint density at radius 1 is 1.53 bits per heavy atom. The first kappa shape index (κ1) is 10.7. The van der Waals surface area contributed by atoms with E-state index in [4.69, 9.17) is 0 Å². The highest BCUT2D eigenvalue weighted by Crippen LogP contribution is 2.36. The summed E-state index contributed by atoms with van der Waals surface area (Å²) in [5.41, 5.74) is 4.22. The first-order valence-electron chi connectivity index (χ1n) is 5.87. The fourth-order valence-electron chi connectivity index (χ4n) is 2.72. The molecule has 0 aliphatic heterocycles. The third kappa shape index (κ3) is 1.69. The van der Waals surface area contributed by atoms with Crippen LogP contribution in [0.5, 0.6) is 0 Å². The Hall–Kier alpha value is -0.830. The van der Waals surface area contributed by atoms with Gasteiger partial charge in [-0.1, -0.05) is 0 Å². The third-order valence-electron chi connectivity index (χ3n) is 3.31. The number of fused-ring (bicyclic) bond motifs is 1. The second kappa shape index (κ2) is 3.97. The number of likely N-dealkylation sites (N-methyl/N-ethyl adjacent to an activating group) is 1. The molecule has 3 heteroatoms. The van der Waals surface area contributed by atoms with Gasteiger partial charge in [0.1, 0.15) is 0 Å². The number of aryl methyl sites for hydroxylation is 1. The zero-order chi connectivity index (χ0) is 11.0. The molecule has 15 heavy (non-hydrogen) atoms. The summed E-state index contributed by atoms with van der Waals surface area (Å²) < 4.78 is 2.21. The summed E-state index contributed by atoms with van der Waals surface area (Å²) >= 11 is 0. The second-order valence-electron chi connectivity index (χ2n) is 4.78. The Labute approximate surface area is 91.9 Å². The predicted octanol–water partition coefficient (Wildman–Crippen LogP) is 2.02. The lowest BCUT2D eigenvalue weighted by Gasteiger charge is -2.08. The standard InChI is InChI=1S/C12H21N3/c1-8(2)15-11-6-5-10(7-13-4)12(11)9(3)14-15/h8,10,13H,5-7H2,1-4H3. The maximum Gasteiger partial charge on any atom is 0.0632 e. The highest BCUT2D eigenvalue weighted by Gasteiger charge is 2.29. The summed E-state index contributed by atoms with van der Waals surface area (Å²) in [6, 6.07) is 0.487. The summed E-state index contributed by atoms with van der Waals surface area (Å²) in [4.78, 5) is 0. The highest BCUT2D eigenvalue weighted by atomic mass is 15.3. The van der Waals surface area contributed by atoms with Gasteiger partial charge in [0.15, 0.2) is 0 Å². The van der Waals surface area contributed by atoms with Crippen LogP contribution in [0.15, 0.2) is 0 Å². The third-order valence-corrected chi connectivity index (χ3v) is 3.31. The quantitative estimate of drug-likeness (QED) is 0.822. The molecule has 84 valence electrons. The molecule has 1 N–H and O–H groups in total. The lowest BCUT2D eigenvalue weighted by Crippen LogP contribution is -2.15. The van der Waals surface area contributed by atoms with E-state index in [9.17, 15) is 0 Å². The molecule has 1 aliphatic carbocycles. The van der Waals surface area contributed by atoms with Crippen molar-refractivity contribution < 1.29 is 0 Å². The van der Waals surface area contributed by atoms with E-state index in [1.54, 1.807) is 0 Å². The van der Waals surface area contributed by atoms with Crippen LogP contribution in [0.3, 0.4) is 0 Å². The maximum absolute atomic E-state index is 4.65. The second-order valence-corrected chi connectivity index (χ2v) is 4.78. The number of nitrogens with one attached hydrogen (secondary N) is 1. The van der Waals surface area contributed by atoms with Crippen LogP contribution >= 0.6 is 0 Å². The van der Waals surface area contributed by atoms with Gasteiger partial charge in [-0.25, -0.2) is 0 Å². The van der Waals surface area contributed by atoms with Crippen molar-refractivity contribution in [3.05, 3.63) is 17.0 Å². The summed E-state index contributed by atoms with van der Waals surface area (Å²) in [5, 5.41) is 7.93. The van der Waals surface area contributed by atoms with Crippen LogP contribution in [0, 0.1) is 6.92 Å². The number of hydrogen-bond donors (Lipinski definition) is 1. The molecular formula is C12H21N3. The minimum atomic E-state index is 0.487. The van der Waals surface area contributed by atoms with Crippen LogP contribution in [-0.2, 0) is 6.42 Å². The fraction of sp³-hybridized carbons (Fsp3) is 0.750. The molecule has 1 aromatic rings. The van der Waals surface area contributed by atoms with Crippen molar-refractivity contribution in [3.8, 4) is 0 Å². The van der Waals surface area contributed by atoms with Crippen molar-refractivity contribution >= 4 is 0 Å². The van der Waals surface area contributed by atoms with E-state index in [0.29, 0.717) is 12.0 Å². The molecule has 0 spiro atoms. The van der Waals surface area contributed by atoms with E-state index < -0.39 is 0 Å². The van der Waals surface area contributed by atoms with Crippen LogP contribution in [0.1, 0.15) is 49.2 Å². The number of nitrogens with zero attached hydrogens (tertiary/aromatic N) is 2. The Morgan fingerprint density at radius 3 is 2.87 bits per heavy atom. The van der Waals surface area contributed by atoms with Gasteiger partial charge >= 0.3 is 0 Å². The predicted molar refractivity (Wildman–Crippen MR) is 62.3 cm³/mol. The van der Waals surface area contributed by atoms with Crippen LogP contribution in [0.25, 0.3) is 0 Å². The zero-order valence-corrected chi connectivity index (χ0v) is 10.2. The van der Waals surface area contributed by atoms with Gasteiger partial charge in [0, 0.05) is 29.8 Å². The Balaban J connectivity index is 2.37. The number of aromatic nitrogens is 2. The van der Waals surface area contributed by atoms with Crippen molar-refractivity contribution in [2.45, 2.75) is 45.6 Å². The van der Waals surface area contributed by atoms with Crippen molar-refractivity contribution in [1.29, 1.82) is 0 Å². The van der Waals surface area contributed by atoms with E-state index in [1.165, 1.54) is 29.8 Å². The van der Waals surface area contributed by atoms with Crippen LogP contribution in [-0.4, -0.2) is 23.4 Å². The molecule has 3 nitrogen and oxygen atoms in total. The molecule has 0 amide bonds. The van der Waals surface area contributed by atoms with Crippen LogP contribution in [0.2, 0.25) is 0 Å². The minimum absolute atomic E-state index is 0.487. The molecule has 1 atom stereocenters. The van der Waals surface area contributed by atoms with E-state index in [0.717, 1.165) is 6.54 Å². The smallest absolute Gasteiger partial charge is 0.0632 e. The topological polar surface area (TPSA) is 29.9 Å². The van der Waals surface area contributed by atoms with E-state index >= 15 is 0 Å². The summed E-state index contributed by atoms with van der Waals surface area (Å²) in [5.74, 6) is 0.678. The first-order chi connectivity index (χ1) is 7.15. The van der Waals surface area contributed by atoms with Gasteiger partial charge in [-0.15, -0.1) is 0 Å². The van der Waals surface area contributed by atoms with E-state index in [1.807, 2.05) is 7.05 Å². The van der Waals surface area contributed by atoms with Crippen molar-refractivity contribution in [1.82, 2.24) is 15.1 Å². The minimum Gasteiger partial charge on any atom is -0.319 e. The average molecular weight is 207 g/mol. The first-order valence-corrected chi connectivity index (χ1v) is 5.87. The Kier molecular flexibility index (Phi) is 2.83. The molecule has 0 bridgehead atoms. The molecule has 1 aliphatic rings. The lowest BCUT2D eigenvalue weighted by molar-refractivity contribution is 0.504. The molecule has 0 saturated heterocycles. The maximum atomic E-state index is 4.65. The monoisotopic (exact) mass is 207 g/mol. The van der Waals surface area contributed by atoms with Gasteiger partial charge in [-0.3, -0.25) is 4.68 Å². The highest BCUT2D eigenvalue weighted by molar-refractivity contribution is 5.34. The van der Waals surface area contributed by atoms with Gasteiger partial charge in [-0.2, -0.15) is 5.10 Å². The van der Waals surface area contributed by atoms with E-state index in [2.05, 4.69) is 35.9 Å². The Morgan fingerprint density at radius 2 is 2.27 bits per heavy atom. The lowest BCUT2D eigenvalue weighted by atomic mass is 10.0. The number of hydrogen-bond acceptors (Lipinski definition) is 2. The van der Waals surface area contributed by atoms with Gasteiger partial charge in [0.05, 0.1) is 5.69 Å². The van der Waals surface area contributed by atoms with Gasteiger partial charge in [0.25, 0.3) is 0 Å². The average Bonchev–Trinajstić information content (AvgIpc) is 2.70. The molecule has 0 radical (unpaired) electrons. The molecule has 0 saturated carbocycles. The molecule has 0 fully saturated rings. The molecular weight excluding hydrogens is 186 g/mol. The van der Waals surface area contributed by atoms with Gasteiger partial charge in [-0.05, 0) is 40.7 Å². The summed E-state index contributed by atoms with van der Waals surface area (Å²) in [6.45, 7) is 7.64. The van der Waals surface area contributed by atoms with Crippen molar-refractivity contribution in [3.63, 3.8) is 0 Å². The fourth-order valence-corrected chi connectivity index (χ4v) is 2.72. The molecule has 1 aromatic heterocycles. The molecule has 1 unspecified atom stereocenters. The van der Waals surface area contributed by atoms with Gasteiger partial charge in [0.2, 0.25) is 0 Å². The normalized spacial score (nSPS) is 19.9. The van der Waals surface area contributed by atoms with E-state index in [-0.39, 0.29) is 0 Å². The van der Waals surface area contributed by atoms with Crippen LogP contribution < -0.4 is 5.32 Å². The van der Waals surface area contributed by atoms with Crippen molar-refractivity contribution in [2.75, 3.05) is 13.6 Å². The largest absolute Gasteiger partial charge is 0.319 e. The zero-order valence-electron chi connectivity index (χ0n) is 10.2. The van der Waals surface area contributed by atoms with Crippen LogP contribution in [0.4, 0.5) is 0 Å². The van der Waals surface area contributed by atoms with Gasteiger partial charge < -0.3 is 5.32 Å². The Bertz CT molecular complexity index is 352. The van der Waals surface area contributed by atoms with Crippen molar-refractivity contribution in [2.24, 2.45) is 0 Å².